The van der Waals surface area contributed by atoms with Crippen LogP contribution in [0.15, 0.2) is 77.7 Å². The molecule has 2 aromatic carbocycles. The molecular formula is C22H16ClFN4O3. The highest BCUT2D eigenvalue weighted by atomic mass is 35.5. The van der Waals surface area contributed by atoms with Crippen molar-refractivity contribution in [1.82, 2.24) is 9.38 Å². The summed E-state index contributed by atoms with van der Waals surface area (Å²) in [5.74, 6) is 0.0980. The maximum Gasteiger partial charge on any atom is 0.323 e. The maximum atomic E-state index is 13.0. The standard InChI is InChI=1S/C22H16ClFN4O3/c23-14-4-9-20-25-18(11-21(29)28(20)12-14)13-31-19-3-1-2-17(10-19)27-22(30)26-16-7-5-15(24)6-8-16/h1-12H,13H2,(H2,26,27,30). The minimum atomic E-state index is -0.480. The molecule has 0 radical (unpaired) electrons. The van der Waals surface area contributed by atoms with Gasteiger partial charge in [-0.2, -0.15) is 0 Å². The molecule has 2 heterocycles. The fraction of sp³-hybridized carbons (Fsp3) is 0.0455. The molecule has 2 amide bonds. The first-order valence-electron chi connectivity index (χ1n) is 9.20. The van der Waals surface area contributed by atoms with E-state index in [4.69, 9.17) is 16.3 Å². The highest BCUT2D eigenvalue weighted by Gasteiger charge is 2.07. The Hall–Kier alpha value is -3.91. The molecular weight excluding hydrogens is 423 g/mol. The number of carbonyl (C=O) groups is 1. The number of ether oxygens (including phenoxy) is 1. The van der Waals surface area contributed by atoms with E-state index in [-0.39, 0.29) is 18.0 Å². The number of carbonyl (C=O) groups excluding carboxylic acids is 1. The quantitative estimate of drug-likeness (QED) is 0.472. The van der Waals surface area contributed by atoms with E-state index in [0.717, 1.165) is 0 Å². The van der Waals surface area contributed by atoms with Gasteiger partial charge in [0.25, 0.3) is 5.56 Å². The second-order valence-corrected chi connectivity index (χ2v) is 7.00. The number of halogens is 2. The molecule has 0 saturated carbocycles. The molecule has 0 spiro atoms. The molecule has 7 nitrogen and oxygen atoms in total. The predicted octanol–water partition coefficient (Wildman–Crippen LogP) is 4.71. The first kappa shape index (κ1) is 20.4. The summed E-state index contributed by atoms with van der Waals surface area (Å²) in [5.41, 5.74) is 1.61. The SMILES string of the molecule is O=C(Nc1ccc(F)cc1)Nc1cccc(OCc2cc(=O)n3cc(Cl)ccc3n2)c1. The zero-order chi connectivity index (χ0) is 21.8. The lowest BCUT2D eigenvalue weighted by atomic mass is 10.3. The highest BCUT2D eigenvalue weighted by Crippen LogP contribution is 2.19. The molecule has 156 valence electrons. The Bertz CT molecular complexity index is 1310. The van der Waals surface area contributed by atoms with Crippen LogP contribution < -0.4 is 20.9 Å². The van der Waals surface area contributed by atoms with Crippen LogP contribution in [0.3, 0.4) is 0 Å². The Labute approximate surface area is 181 Å². The van der Waals surface area contributed by atoms with Crippen LogP contribution in [0, 0.1) is 5.82 Å². The summed E-state index contributed by atoms with van der Waals surface area (Å²) in [4.78, 5) is 28.8. The number of urea groups is 1. The summed E-state index contributed by atoms with van der Waals surface area (Å²) in [6.45, 7) is 0.0690. The minimum Gasteiger partial charge on any atom is -0.487 e. The third-order valence-electron chi connectivity index (χ3n) is 4.26. The fourth-order valence-electron chi connectivity index (χ4n) is 2.85. The lowest BCUT2D eigenvalue weighted by molar-refractivity contribution is 0.262. The number of hydrogen-bond acceptors (Lipinski definition) is 4. The number of nitrogens with zero attached hydrogens (tertiary/aromatic N) is 2. The monoisotopic (exact) mass is 438 g/mol. The van der Waals surface area contributed by atoms with Crippen molar-refractivity contribution >= 4 is 34.7 Å². The van der Waals surface area contributed by atoms with Crippen molar-refractivity contribution in [2.24, 2.45) is 0 Å². The fourth-order valence-corrected chi connectivity index (χ4v) is 3.01. The van der Waals surface area contributed by atoms with Gasteiger partial charge in [-0.25, -0.2) is 14.2 Å². The first-order valence-corrected chi connectivity index (χ1v) is 9.58. The molecule has 0 saturated heterocycles. The van der Waals surface area contributed by atoms with Crippen LogP contribution in [0.2, 0.25) is 5.02 Å². The molecule has 0 atom stereocenters. The Morgan fingerprint density at radius 2 is 1.81 bits per heavy atom. The van der Waals surface area contributed by atoms with Crippen molar-refractivity contribution in [3.8, 4) is 5.75 Å². The third-order valence-corrected chi connectivity index (χ3v) is 4.48. The average Bonchev–Trinajstić information content (AvgIpc) is 2.75. The number of hydrogen-bond donors (Lipinski definition) is 2. The topological polar surface area (TPSA) is 84.7 Å². The van der Waals surface area contributed by atoms with Crippen LogP contribution >= 0.6 is 11.6 Å². The van der Waals surface area contributed by atoms with Gasteiger partial charge in [-0.3, -0.25) is 9.20 Å². The van der Waals surface area contributed by atoms with Gasteiger partial charge < -0.3 is 15.4 Å². The minimum absolute atomic E-state index is 0.0690. The van der Waals surface area contributed by atoms with E-state index in [1.165, 1.54) is 40.9 Å². The van der Waals surface area contributed by atoms with Crippen LogP contribution in [0.1, 0.15) is 5.69 Å². The lowest BCUT2D eigenvalue weighted by Gasteiger charge is -2.10. The van der Waals surface area contributed by atoms with Crippen LogP contribution in [-0.2, 0) is 6.61 Å². The molecule has 0 unspecified atom stereocenters. The number of fused-ring (bicyclic) bond motifs is 1. The summed E-state index contributed by atoms with van der Waals surface area (Å²) in [6.07, 6.45) is 1.50. The summed E-state index contributed by atoms with van der Waals surface area (Å²) in [5, 5.41) is 5.72. The van der Waals surface area contributed by atoms with Gasteiger partial charge in [0, 0.05) is 29.7 Å². The summed E-state index contributed by atoms with van der Waals surface area (Å²) in [7, 11) is 0. The van der Waals surface area contributed by atoms with Crippen molar-refractivity contribution in [2.75, 3.05) is 10.6 Å². The zero-order valence-corrected chi connectivity index (χ0v) is 16.8. The maximum absolute atomic E-state index is 13.0. The number of anilines is 2. The van der Waals surface area contributed by atoms with E-state index in [9.17, 15) is 14.0 Å². The van der Waals surface area contributed by atoms with Gasteiger partial charge in [0.05, 0.1) is 10.7 Å². The summed E-state index contributed by atoms with van der Waals surface area (Å²) < 4.78 is 20.0. The van der Waals surface area contributed by atoms with E-state index >= 15 is 0 Å². The second kappa shape index (κ2) is 8.85. The molecule has 2 N–H and O–H groups in total. The van der Waals surface area contributed by atoms with E-state index in [1.54, 1.807) is 36.4 Å². The average molecular weight is 439 g/mol. The lowest BCUT2D eigenvalue weighted by Crippen LogP contribution is -2.19. The summed E-state index contributed by atoms with van der Waals surface area (Å²) >= 11 is 5.91. The van der Waals surface area contributed by atoms with Gasteiger partial charge in [0.15, 0.2) is 0 Å². The smallest absolute Gasteiger partial charge is 0.323 e. The Morgan fingerprint density at radius 1 is 1.03 bits per heavy atom. The molecule has 0 aliphatic carbocycles. The molecule has 0 aliphatic rings. The molecule has 2 aromatic heterocycles. The van der Waals surface area contributed by atoms with Crippen molar-refractivity contribution in [3.63, 3.8) is 0 Å². The molecule has 31 heavy (non-hydrogen) atoms. The van der Waals surface area contributed by atoms with Crippen molar-refractivity contribution in [1.29, 1.82) is 0 Å². The van der Waals surface area contributed by atoms with Gasteiger partial charge >= 0.3 is 6.03 Å². The van der Waals surface area contributed by atoms with Gasteiger partial charge in [0.1, 0.15) is 23.8 Å². The largest absolute Gasteiger partial charge is 0.487 e. The van der Waals surface area contributed by atoms with Gasteiger partial charge in [-0.15, -0.1) is 0 Å². The summed E-state index contributed by atoms with van der Waals surface area (Å²) in [6, 6.07) is 16.4. The number of nitrogens with one attached hydrogen (secondary N) is 2. The Balaban J connectivity index is 1.41. The molecule has 9 heteroatoms. The van der Waals surface area contributed by atoms with Crippen molar-refractivity contribution in [3.05, 3.63) is 99.8 Å². The Kier molecular flexibility index (Phi) is 5.81. The van der Waals surface area contributed by atoms with E-state index < -0.39 is 6.03 Å². The van der Waals surface area contributed by atoms with Gasteiger partial charge in [-0.1, -0.05) is 17.7 Å². The Morgan fingerprint density at radius 3 is 2.61 bits per heavy atom. The predicted molar refractivity (Wildman–Crippen MR) is 116 cm³/mol. The van der Waals surface area contributed by atoms with Crippen LogP contribution in [0.25, 0.3) is 5.65 Å². The number of amides is 2. The molecule has 4 rings (SSSR count). The number of aromatic nitrogens is 2. The number of pyridine rings is 1. The van der Waals surface area contributed by atoms with Crippen molar-refractivity contribution in [2.45, 2.75) is 6.61 Å². The third kappa shape index (κ3) is 5.18. The number of benzene rings is 2. The molecule has 0 fully saturated rings. The molecule has 0 aliphatic heterocycles. The number of rotatable bonds is 5. The van der Waals surface area contributed by atoms with Crippen LogP contribution in [0.5, 0.6) is 5.75 Å². The highest BCUT2D eigenvalue weighted by molar-refractivity contribution is 6.30. The van der Waals surface area contributed by atoms with Gasteiger partial charge in [-0.05, 0) is 48.5 Å². The van der Waals surface area contributed by atoms with Crippen LogP contribution in [-0.4, -0.2) is 15.4 Å². The molecule has 0 bridgehead atoms. The normalized spacial score (nSPS) is 10.6. The zero-order valence-electron chi connectivity index (χ0n) is 16.0. The van der Waals surface area contributed by atoms with E-state index in [1.807, 2.05) is 0 Å². The van der Waals surface area contributed by atoms with E-state index in [0.29, 0.717) is 33.5 Å². The first-order chi connectivity index (χ1) is 15.0. The van der Waals surface area contributed by atoms with Crippen molar-refractivity contribution < 1.29 is 13.9 Å². The van der Waals surface area contributed by atoms with E-state index in [2.05, 4.69) is 15.6 Å². The second-order valence-electron chi connectivity index (χ2n) is 6.56. The van der Waals surface area contributed by atoms with Crippen LogP contribution in [0.4, 0.5) is 20.6 Å². The molecule has 4 aromatic rings. The van der Waals surface area contributed by atoms with Gasteiger partial charge in [0.2, 0.25) is 0 Å².